The van der Waals surface area contributed by atoms with Crippen molar-refractivity contribution in [1.82, 2.24) is 14.8 Å². The van der Waals surface area contributed by atoms with Gasteiger partial charge in [-0.05, 0) is 31.4 Å². The quantitative estimate of drug-likeness (QED) is 0.733. The van der Waals surface area contributed by atoms with E-state index in [1.807, 2.05) is 0 Å². The Balaban J connectivity index is 1.87. The van der Waals surface area contributed by atoms with Gasteiger partial charge in [-0.2, -0.15) is 11.8 Å². The Bertz CT molecular complexity index is 342. The van der Waals surface area contributed by atoms with Gasteiger partial charge in [0.2, 0.25) is 0 Å². The van der Waals surface area contributed by atoms with Gasteiger partial charge in [0, 0.05) is 13.0 Å². The van der Waals surface area contributed by atoms with Crippen LogP contribution in [-0.2, 0) is 13.0 Å². The second-order valence-corrected chi connectivity index (χ2v) is 5.75. The van der Waals surface area contributed by atoms with Crippen LogP contribution in [0.1, 0.15) is 49.0 Å². The number of rotatable bonds is 1. The van der Waals surface area contributed by atoms with E-state index >= 15 is 0 Å². The van der Waals surface area contributed by atoms with Crippen molar-refractivity contribution in [2.24, 2.45) is 0 Å². The number of nitrogens with zero attached hydrogens (tertiary/aromatic N) is 3. The highest BCUT2D eigenvalue weighted by Gasteiger charge is 2.24. The van der Waals surface area contributed by atoms with Crippen molar-refractivity contribution in [2.75, 3.05) is 5.75 Å². The average Bonchev–Trinajstić information content (AvgIpc) is 2.74. The number of fused-ring (bicyclic) bond motifs is 1. The van der Waals surface area contributed by atoms with Crippen molar-refractivity contribution in [3.63, 3.8) is 0 Å². The van der Waals surface area contributed by atoms with Gasteiger partial charge in [-0.25, -0.2) is 0 Å². The molecule has 1 atom stereocenters. The van der Waals surface area contributed by atoms with E-state index in [-0.39, 0.29) is 0 Å². The molecule has 82 valence electrons. The molecule has 1 unspecified atom stereocenters. The maximum absolute atomic E-state index is 4.41. The second kappa shape index (κ2) is 4.16. The lowest BCUT2D eigenvalue weighted by molar-refractivity contribution is 0.499. The third kappa shape index (κ3) is 1.80. The highest BCUT2D eigenvalue weighted by Crippen LogP contribution is 2.38. The fourth-order valence-corrected chi connectivity index (χ4v) is 3.83. The van der Waals surface area contributed by atoms with Crippen LogP contribution in [0.15, 0.2) is 0 Å². The zero-order valence-electron chi connectivity index (χ0n) is 8.98. The Labute approximate surface area is 94.7 Å². The Morgan fingerprint density at radius 2 is 2.13 bits per heavy atom. The molecule has 0 radical (unpaired) electrons. The van der Waals surface area contributed by atoms with Gasteiger partial charge in [0.25, 0.3) is 0 Å². The van der Waals surface area contributed by atoms with Gasteiger partial charge in [0.1, 0.15) is 11.6 Å². The molecule has 0 N–H and O–H groups in total. The lowest BCUT2D eigenvalue weighted by atomic mass is 10.1. The molecule has 2 aliphatic heterocycles. The third-order valence-corrected chi connectivity index (χ3v) is 4.73. The summed E-state index contributed by atoms with van der Waals surface area (Å²) in [5, 5.41) is 9.37. The highest BCUT2D eigenvalue weighted by molar-refractivity contribution is 7.99. The molecule has 15 heavy (non-hydrogen) atoms. The lowest BCUT2D eigenvalue weighted by Crippen LogP contribution is -2.16. The molecule has 0 bridgehead atoms. The van der Waals surface area contributed by atoms with Crippen LogP contribution >= 0.6 is 11.8 Å². The monoisotopic (exact) mass is 223 g/mol. The average molecular weight is 223 g/mol. The van der Waals surface area contributed by atoms with Crippen molar-refractivity contribution in [2.45, 2.75) is 50.3 Å². The standard InChI is InChI=1S/C11H17N3S/c1-3-7-14-10(6-1)12-13-11(14)9-5-2-4-8-15-9/h9H,1-8H2. The predicted molar refractivity (Wildman–Crippen MR) is 62.0 cm³/mol. The fourth-order valence-electron chi connectivity index (χ4n) is 2.51. The minimum absolute atomic E-state index is 0.623. The molecule has 0 aliphatic carbocycles. The Morgan fingerprint density at radius 1 is 1.13 bits per heavy atom. The van der Waals surface area contributed by atoms with Gasteiger partial charge in [-0.1, -0.05) is 6.42 Å². The first-order valence-electron chi connectivity index (χ1n) is 5.99. The molecule has 4 heteroatoms. The van der Waals surface area contributed by atoms with Crippen LogP contribution in [0.2, 0.25) is 0 Å². The summed E-state index contributed by atoms with van der Waals surface area (Å²) in [6, 6.07) is 0. The highest BCUT2D eigenvalue weighted by atomic mass is 32.2. The fraction of sp³-hybridized carbons (Fsp3) is 0.818. The molecule has 1 aromatic rings. The second-order valence-electron chi connectivity index (χ2n) is 4.44. The van der Waals surface area contributed by atoms with Gasteiger partial charge in [0.05, 0.1) is 5.25 Å². The molecule has 2 aliphatic rings. The summed E-state index contributed by atoms with van der Waals surface area (Å²) in [5.41, 5.74) is 0. The summed E-state index contributed by atoms with van der Waals surface area (Å²) < 4.78 is 2.38. The first-order chi connectivity index (χ1) is 7.45. The van der Waals surface area contributed by atoms with Crippen molar-refractivity contribution < 1.29 is 0 Å². The molecule has 0 saturated carbocycles. The van der Waals surface area contributed by atoms with E-state index in [2.05, 4.69) is 26.5 Å². The molecule has 3 heterocycles. The van der Waals surface area contributed by atoms with E-state index in [1.165, 1.54) is 49.5 Å². The van der Waals surface area contributed by atoms with Gasteiger partial charge in [0.15, 0.2) is 0 Å². The molecule has 1 fully saturated rings. The zero-order valence-corrected chi connectivity index (χ0v) is 9.80. The Kier molecular flexibility index (Phi) is 2.69. The smallest absolute Gasteiger partial charge is 0.146 e. The van der Waals surface area contributed by atoms with E-state index in [0.29, 0.717) is 5.25 Å². The van der Waals surface area contributed by atoms with Crippen LogP contribution in [0.3, 0.4) is 0 Å². The molecule has 0 aromatic carbocycles. The molecular formula is C11H17N3S. The van der Waals surface area contributed by atoms with Crippen LogP contribution in [0.25, 0.3) is 0 Å². The van der Waals surface area contributed by atoms with E-state index < -0.39 is 0 Å². The SMILES string of the molecule is C1CCC(c2nnc3n2CCCC3)SC1. The van der Waals surface area contributed by atoms with Gasteiger partial charge in [-0.3, -0.25) is 0 Å². The summed E-state index contributed by atoms with van der Waals surface area (Å²) >= 11 is 2.07. The number of thioether (sulfide) groups is 1. The van der Waals surface area contributed by atoms with Crippen molar-refractivity contribution in [3.8, 4) is 0 Å². The van der Waals surface area contributed by atoms with Crippen LogP contribution in [0.5, 0.6) is 0 Å². The molecule has 3 rings (SSSR count). The first-order valence-corrected chi connectivity index (χ1v) is 7.03. The molecule has 1 saturated heterocycles. The van der Waals surface area contributed by atoms with Crippen LogP contribution < -0.4 is 0 Å². The first kappa shape index (κ1) is 9.70. The molecular weight excluding hydrogens is 206 g/mol. The third-order valence-electron chi connectivity index (χ3n) is 3.36. The summed E-state index contributed by atoms with van der Waals surface area (Å²) in [6.07, 6.45) is 7.75. The normalized spacial score (nSPS) is 26.3. The van der Waals surface area contributed by atoms with E-state index in [0.717, 1.165) is 13.0 Å². The van der Waals surface area contributed by atoms with Gasteiger partial charge < -0.3 is 4.57 Å². The topological polar surface area (TPSA) is 30.7 Å². The summed E-state index contributed by atoms with van der Waals surface area (Å²) in [7, 11) is 0. The molecule has 0 spiro atoms. The maximum atomic E-state index is 4.41. The summed E-state index contributed by atoms with van der Waals surface area (Å²) in [6.45, 7) is 1.15. The summed E-state index contributed by atoms with van der Waals surface area (Å²) in [5.74, 6) is 3.78. The maximum Gasteiger partial charge on any atom is 0.146 e. The number of aryl methyl sites for hydroxylation is 1. The molecule has 1 aromatic heterocycles. The van der Waals surface area contributed by atoms with Crippen LogP contribution in [-0.4, -0.2) is 20.5 Å². The van der Waals surface area contributed by atoms with Gasteiger partial charge >= 0.3 is 0 Å². The van der Waals surface area contributed by atoms with Gasteiger partial charge in [-0.15, -0.1) is 10.2 Å². The van der Waals surface area contributed by atoms with E-state index in [9.17, 15) is 0 Å². The molecule has 3 nitrogen and oxygen atoms in total. The molecule has 0 amide bonds. The Hall–Kier alpha value is -0.510. The summed E-state index contributed by atoms with van der Waals surface area (Å²) in [4.78, 5) is 0. The van der Waals surface area contributed by atoms with E-state index in [1.54, 1.807) is 0 Å². The predicted octanol–water partition coefficient (Wildman–Crippen LogP) is 2.57. The zero-order chi connectivity index (χ0) is 10.1. The van der Waals surface area contributed by atoms with Crippen LogP contribution in [0, 0.1) is 0 Å². The van der Waals surface area contributed by atoms with Crippen molar-refractivity contribution in [1.29, 1.82) is 0 Å². The largest absolute Gasteiger partial charge is 0.314 e. The van der Waals surface area contributed by atoms with Crippen molar-refractivity contribution in [3.05, 3.63) is 11.6 Å². The van der Waals surface area contributed by atoms with Crippen molar-refractivity contribution >= 4 is 11.8 Å². The number of aromatic nitrogens is 3. The number of hydrogen-bond donors (Lipinski definition) is 0. The minimum atomic E-state index is 0.623. The lowest BCUT2D eigenvalue weighted by Gasteiger charge is -2.23. The Morgan fingerprint density at radius 3 is 3.00 bits per heavy atom. The van der Waals surface area contributed by atoms with Crippen LogP contribution in [0.4, 0.5) is 0 Å². The minimum Gasteiger partial charge on any atom is -0.314 e. The number of hydrogen-bond acceptors (Lipinski definition) is 3. The van der Waals surface area contributed by atoms with E-state index in [4.69, 9.17) is 0 Å².